The van der Waals surface area contributed by atoms with E-state index in [1.807, 2.05) is 16.8 Å². The molecular weight excluding hydrogens is 292 g/mol. The monoisotopic (exact) mass is 308 g/mol. The number of thiophene rings is 1. The second kappa shape index (κ2) is 5.20. The van der Waals surface area contributed by atoms with E-state index in [9.17, 15) is 8.42 Å². The van der Waals surface area contributed by atoms with Gasteiger partial charge in [0.2, 0.25) is 10.0 Å². The van der Waals surface area contributed by atoms with Crippen LogP contribution in [0.25, 0.3) is 0 Å². The number of nitrogen functional groups attached to an aromatic ring is 1. The van der Waals surface area contributed by atoms with Gasteiger partial charge in [0.25, 0.3) is 0 Å². The van der Waals surface area contributed by atoms with Gasteiger partial charge >= 0.3 is 0 Å². The molecule has 1 saturated carbocycles. The first-order valence-corrected chi connectivity index (χ1v) is 8.84. The molecule has 0 bridgehead atoms. The fourth-order valence-corrected chi connectivity index (χ4v) is 4.53. The van der Waals surface area contributed by atoms with Gasteiger partial charge in [-0.1, -0.05) is 6.07 Å². The van der Waals surface area contributed by atoms with Gasteiger partial charge in [0.15, 0.2) is 0 Å². The molecule has 0 spiro atoms. The molecule has 1 aliphatic carbocycles. The minimum atomic E-state index is -3.48. The quantitative estimate of drug-likeness (QED) is 0.864. The molecule has 0 aliphatic heterocycles. The van der Waals surface area contributed by atoms with Crippen LogP contribution in [0.5, 0.6) is 0 Å². The summed E-state index contributed by atoms with van der Waals surface area (Å²) >= 11 is 1.58. The second-order valence-electron chi connectivity index (χ2n) is 4.99. The molecule has 4 nitrogen and oxygen atoms in total. The second-order valence-corrected chi connectivity index (χ2v) is 7.66. The molecule has 106 valence electrons. The van der Waals surface area contributed by atoms with Crippen molar-refractivity contribution in [3.05, 3.63) is 46.7 Å². The van der Waals surface area contributed by atoms with E-state index in [0.717, 1.165) is 18.4 Å². The fraction of sp³-hybridized carbons (Fsp3) is 0.286. The summed E-state index contributed by atoms with van der Waals surface area (Å²) in [6.45, 7) is 0.436. The Morgan fingerprint density at radius 1 is 1.30 bits per heavy atom. The molecule has 1 aromatic heterocycles. The minimum Gasteiger partial charge on any atom is -0.399 e. The smallest absolute Gasteiger partial charge is 0.243 e. The molecular formula is C14H16N2O2S2. The average Bonchev–Trinajstić information content (AvgIpc) is 3.12. The maximum absolute atomic E-state index is 12.8. The van der Waals surface area contributed by atoms with Crippen LogP contribution in [0.2, 0.25) is 0 Å². The van der Waals surface area contributed by atoms with Crippen LogP contribution in [-0.2, 0) is 16.6 Å². The fourth-order valence-electron chi connectivity index (χ4n) is 2.15. The van der Waals surface area contributed by atoms with Gasteiger partial charge in [0.1, 0.15) is 0 Å². The van der Waals surface area contributed by atoms with Crippen molar-refractivity contribution < 1.29 is 8.42 Å². The molecule has 20 heavy (non-hydrogen) atoms. The number of hydrogen-bond donors (Lipinski definition) is 1. The Bertz CT molecular complexity index is 692. The highest BCUT2D eigenvalue weighted by atomic mass is 32.2. The molecule has 0 radical (unpaired) electrons. The molecule has 2 N–H and O–H groups in total. The van der Waals surface area contributed by atoms with Gasteiger partial charge in [-0.15, -0.1) is 0 Å². The molecule has 1 heterocycles. The van der Waals surface area contributed by atoms with E-state index in [0.29, 0.717) is 12.2 Å². The van der Waals surface area contributed by atoms with Crippen molar-refractivity contribution in [2.45, 2.75) is 30.3 Å². The van der Waals surface area contributed by atoms with Crippen LogP contribution in [0.4, 0.5) is 5.69 Å². The van der Waals surface area contributed by atoms with Gasteiger partial charge in [-0.05, 0) is 53.4 Å². The maximum atomic E-state index is 12.8. The zero-order valence-electron chi connectivity index (χ0n) is 10.9. The molecule has 1 fully saturated rings. The largest absolute Gasteiger partial charge is 0.399 e. The van der Waals surface area contributed by atoms with Gasteiger partial charge in [-0.2, -0.15) is 15.6 Å². The predicted molar refractivity (Wildman–Crippen MR) is 80.9 cm³/mol. The first kappa shape index (κ1) is 13.6. The number of nitrogens with two attached hydrogens (primary N) is 1. The summed E-state index contributed by atoms with van der Waals surface area (Å²) in [5.41, 5.74) is 7.21. The third-order valence-corrected chi connectivity index (χ3v) is 5.96. The van der Waals surface area contributed by atoms with Crippen molar-refractivity contribution in [2.75, 3.05) is 5.73 Å². The van der Waals surface area contributed by atoms with E-state index < -0.39 is 10.0 Å². The molecule has 1 aliphatic rings. The molecule has 6 heteroatoms. The van der Waals surface area contributed by atoms with Crippen molar-refractivity contribution in [3.8, 4) is 0 Å². The Hall–Kier alpha value is -1.37. The van der Waals surface area contributed by atoms with Crippen LogP contribution in [-0.4, -0.2) is 18.8 Å². The van der Waals surface area contributed by atoms with Crippen molar-refractivity contribution in [2.24, 2.45) is 0 Å². The van der Waals surface area contributed by atoms with Crippen LogP contribution in [0, 0.1) is 0 Å². The zero-order valence-corrected chi connectivity index (χ0v) is 12.5. The highest BCUT2D eigenvalue weighted by molar-refractivity contribution is 7.89. The third-order valence-electron chi connectivity index (χ3n) is 3.34. The van der Waals surface area contributed by atoms with E-state index in [1.165, 1.54) is 6.07 Å². The molecule has 2 aromatic rings. The van der Waals surface area contributed by atoms with E-state index in [1.54, 1.807) is 33.8 Å². The number of benzene rings is 1. The first-order valence-electron chi connectivity index (χ1n) is 6.46. The van der Waals surface area contributed by atoms with Crippen LogP contribution in [0.1, 0.15) is 18.4 Å². The molecule has 0 amide bonds. The molecule has 3 rings (SSSR count). The molecule has 1 aromatic carbocycles. The van der Waals surface area contributed by atoms with Crippen LogP contribution in [0.3, 0.4) is 0 Å². The number of nitrogens with zero attached hydrogens (tertiary/aromatic N) is 1. The number of anilines is 1. The number of hydrogen-bond acceptors (Lipinski definition) is 4. The van der Waals surface area contributed by atoms with Gasteiger partial charge in [-0.25, -0.2) is 8.42 Å². The van der Waals surface area contributed by atoms with Crippen LogP contribution >= 0.6 is 11.3 Å². The van der Waals surface area contributed by atoms with Crippen molar-refractivity contribution in [1.29, 1.82) is 0 Å². The predicted octanol–water partition coefficient (Wildman–Crippen LogP) is 2.68. The van der Waals surface area contributed by atoms with Crippen LogP contribution < -0.4 is 5.73 Å². The standard InChI is InChI=1S/C14H16N2O2S2/c15-12-2-1-3-14(8-12)20(17,18)16(13-4-5-13)9-11-6-7-19-10-11/h1-3,6-8,10,13H,4-5,9,15H2. The Labute approximate surface area is 122 Å². The number of rotatable bonds is 5. The van der Waals surface area contributed by atoms with Gasteiger partial charge in [0, 0.05) is 18.3 Å². The van der Waals surface area contributed by atoms with Crippen LogP contribution in [0.15, 0.2) is 46.0 Å². The lowest BCUT2D eigenvalue weighted by molar-refractivity contribution is 0.399. The lowest BCUT2D eigenvalue weighted by Crippen LogP contribution is -2.32. The van der Waals surface area contributed by atoms with Crippen molar-refractivity contribution in [3.63, 3.8) is 0 Å². The lowest BCUT2D eigenvalue weighted by Gasteiger charge is -2.21. The highest BCUT2D eigenvalue weighted by Gasteiger charge is 2.38. The summed E-state index contributed by atoms with van der Waals surface area (Å²) in [4.78, 5) is 0.277. The van der Waals surface area contributed by atoms with Crippen molar-refractivity contribution in [1.82, 2.24) is 4.31 Å². The Morgan fingerprint density at radius 3 is 2.70 bits per heavy atom. The van der Waals surface area contributed by atoms with E-state index >= 15 is 0 Å². The lowest BCUT2D eigenvalue weighted by atomic mass is 10.3. The number of sulfonamides is 1. The van der Waals surface area contributed by atoms with E-state index in [4.69, 9.17) is 5.73 Å². The Balaban J connectivity index is 1.94. The minimum absolute atomic E-state index is 0.126. The summed E-state index contributed by atoms with van der Waals surface area (Å²) in [6.07, 6.45) is 1.87. The molecule has 0 unspecified atom stereocenters. The summed E-state index contributed by atoms with van der Waals surface area (Å²) in [7, 11) is -3.48. The van der Waals surface area contributed by atoms with E-state index in [2.05, 4.69) is 0 Å². The third kappa shape index (κ3) is 2.72. The van der Waals surface area contributed by atoms with Crippen molar-refractivity contribution >= 4 is 27.0 Å². The molecule has 0 saturated heterocycles. The summed E-state index contributed by atoms with van der Waals surface area (Å²) in [5, 5.41) is 3.96. The summed E-state index contributed by atoms with van der Waals surface area (Å²) < 4.78 is 27.1. The summed E-state index contributed by atoms with van der Waals surface area (Å²) in [6, 6.07) is 8.60. The zero-order chi connectivity index (χ0) is 14.2. The topological polar surface area (TPSA) is 63.4 Å². The van der Waals surface area contributed by atoms with Gasteiger partial charge < -0.3 is 5.73 Å². The molecule has 0 atom stereocenters. The normalized spacial score (nSPS) is 15.7. The van der Waals surface area contributed by atoms with Gasteiger partial charge in [-0.3, -0.25) is 0 Å². The SMILES string of the molecule is Nc1cccc(S(=O)(=O)N(Cc2ccsc2)C2CC2)c1. The summed E-state index contributed by atoms with van der Waals surface area (Å²) in [5.74, 6) is 0. The highest BCUT2D eigenvalue weighted by Crippen LogP contribution is 2.34. The Kier molecular flexibility index (Phi) is 3.54. The maximum Gasteiger partial charge on any atom is 0.243 e. The average molecular weight is 308 g/mol. The van der Waals surface area contributed by atoms with Gasteiger partial charge in [0.05, 0.1) is 4.90 Å². The first-order chi connectivity index (χ1) is 9.57. The Morgan fingerprint density at radius 2 is 2.10 bits per heavy atom. The van der Waals surface area contributed by atoms with E-state index in [-0.39, 0.29) is 10.9 Å².